The number of thioether (sulfide) groups is 1. The standard InChI is InChI=1S/C23H18Cl2N2O3S2/c1-12-19(22(29)30-2)20(13-7-9-14(31-3)10-8-13)27-21(28)18(32-23(27)26-12)11-15-16(24)5-4-6-17(15)25/h4-11,20H,1-3H3. The van der Waals surface area contributed by atoms with Crippen LogP contribution in [0.25, 0.3) is 6.08 Å². The molecule has 1 atom stereocenters. The molecule has 0 bridgehead atoms. The number of aromatic nitrogens is 1. The van der Waals surface area contributed by atoms with Crippen LogP contribution in [0.5, 0.6) is 0 Å². The molecule has 2 heterocycles. The molecule has 0 saturated heterocycles. The van der Waals surface area contributed by atoms with E-state index in [2.05, 4.69) is 4.99 Å². The zero-order valence-corrected chi connectivity index (χ0v) is 20.5. The Morgan fingerprint density at radius 2 is 1.84 bits per heavy atom. The van der Waals surface area contributed by atoms with Gasteiger partial charge in [0.1, 0.15) is 0 Å². The summed E-state index contributed by atoms with van der Waals surface area (Å²) in [4.78, 5) is 32.3. The zero-order valence-electron chi connectivity index (χ0n) is 17.4. The molecule has 1 aliphatic heterocycles. The molecule has 0 N–H and O–H groups in total. The third-order valence-corrected chi connectivity index (χ3v) is 7.52. The van der Waals surface area contributed by atoms with Crippen LogP contribution in [-0.2, 0) is 9.53 Å². The number of nitrogens with zero attached hydrogens (tertiary/aromatic N) is 2. The normalized spacial score (nSPS) is 16.0. The highest BCUT2D eigenvalue weighted by atomic mass is 35.5. The van der Waals surface area contributed by atoms with Crippen molar-refractivity contribution in [3.8, 4) is 0 Å². The molecular formula is C23H18Cl2N2O3S2. The van der Waals surface area contributed by atoms with Crippen LogP contribution >= 0.6 is 46.3 Å². The molecule has 0 fully saturated rings. The van der Waals surface area contributed by atoms with E-state index in [1.807, 2.05) is 30.5 Å². The van der Waals surface area contributed by atoms with Crippen molar-refractivity contribution in [2.45, 2.75) is 17.9 Å². The van der Waals surface area contributed by atoms with Crippen molar-refractivity contribution < 1.29 is 9.53 Å². The van der Waals surface area contributed by atoms with Crippen LogP contribution in [0.15, 0.2) is 68.4 Å². The van der Waals surface area contributed by atoms with Crippen molar-refractivity contribution in [3.05, 3.63) is 94.6 Å². The number of rotatable bonds is 4. The molecule has 5 nitrogen and oxygen atoms in total. The number of allylic oxidation sites excluding steroid dienone is 1. The van der Waals surface area contributed by atoms with Gasteiger partial charge < -0.3 is 4.74 Å². The second-order valence-electron chi connectivity index (χ2n) is 6.98. The number of carbonyl (C=O) groups is 1. The van der Waals surface area contributed by atoms with Gasteiger partial charge in [0.25, 0.3) is 5.56 Å². The van der Waals surface area contributed by atoms with Crippen LogP contribution in [0.1, 0.15) is 24.1 Å². The lowest BCUT2D eigenvalue weighted by atomic mass is 9.96. The summed E-state index contributed by atoms with van der Waals surface area (Å²) in [7, 11) is 1.32. The molecule has 9 heteroatoms. The minimum Gasteiger partial charge on any atom is -0.466 e. The van der Waals surface area contributed by atoms with Crippen LogP contribution in [0.2, 0.25) is 10.0 Å². The molecule has 2 aromatic carbocycles. The maximum absolute atomic E-state index is 13.5. The first-order valence-corrected chi connectivity index (χ1v) is 12.3. The maximum atomic E-state index is 13.5. The van der Waals surface area contributed by atoms with Crippen LogP contribution in [0, 0.1) is 0 Å². The van der Waals surface area contributed by atoms with E-state index in [-0.39, 0.29) is 5.56 Å². The highest BCUT2D eigenvalue weighted by molar-refractivity contribution is 7.98. The summed E-state index contributed by atoms with van der Waals surface area (Å²) in [6.45, 7) is 1.75. The Kier molecular flexibility index (Phi) is 6.62. The summed E-state index contributed by atoms with van der Waals surface area (Å²) < 4.78 is 6.99. The van der Waals surface area contributed by atoms with Gasteiger partial charge in [-0.25, -0.2) is 9.79 Å². The lowest BCUT2D eigenvalue weighted by Gasteiger charge is -2.24. The third kappa shape index (κ3) is 4.06. The average molecular weight is 505 g/mol. The van der Waals surface area contributed by atoms with Gasteiger partial charge in [-0.2, -0.15) is 0 Å². The van der Waals surface area contributed by atoms with Crippen molar-refractivity contribution in [1.29, 1.82) is 0 Å². The minimum atomic E-state index is -0.654. The summed E-state index contributed by atoms with van der Waals surface area (Å²) in [6.07, 6.45) is 3.65. The van der Waals surface area contributed by atoms with Crippen molar-refractivity contribution in [3.63, 3.8) is 0 Å². The van der Waals surface area contributed by atoms with Gasteiger partial charge in [0, 0.05) is 20.5 Å². The minimum absolute atomic E-state index is 0.280. The molecule has 32 heavy (non-hydrogen) atoms. The number of thiazole rings is 1. The number of methoxy groups -OCH3 is 1. The molecule has 0 radical (unpaired) electrons. The Bertz CT molecular complexity index is 1400. The predicted octanol–water partition coefficient (Wildman–Crippen LogP) is 4.44. The fourth-order valence-electron chi connectivity index (χ4n) is 3.57. The van der Waals surface area contributed by atoms with Gasteiger partial charge in [-0.15, -0.1) is 11.8 Å². The average Bonchev–Trinajstić information content (AvgIpc) is 3.09. The first-order valence-electron chi connectivity index (χ1n) is 9.54. The molecule has 0 aliphatic carbocycles. The van der Waals surface area contributed by atoms with Gasteiger partial charge in [-0.1, -0.05) is 52.7 Å². The van der Waals surface area contributed by atoms with Crippen LogP contribution in [0.4, 0.5) is 0 Å². The Labute approximate surface area is 202 Å². The molecule has 3 aromatic rings. The fourth-order valence-corrected chi connectivity index (χ4v) is 5.52. The second kappa shape index (κ2) is 9.27. The SMILES string of the molecule is COC(=O)C1=C(C)N=c2sc(=Cc3c(Cl)cccc3Cl)c(=O)n2C1c1ccc(SC)cc1. The number of ether oxygens (including phenoxy) is 1. The highest BCUT2D eigenvalue weighted by Gasteiger charge is 2.33. The summed E-state index contributed by atoms with van der Waals surface area (Å²) in [5, 5.41) is 0.887. The largest absolute Gasteiger partial charge is 0.466 e. The Morgan fingerprint density at radius 3 is 2.44 bits per heavy atom. The van der Waals surface area contributed by atoms with E-state index < -0.39 is 12.0 Å². The van der Waals surface area contributed by atoms with E-state index in [0.717, 1.165) is 10.5 Å². The van der Waals surface area contributed by atoms with E-state index in [4.69, 9.17) is 27.9 Å². The van der Waals surface area contributed by atoms with Crippen LogP contribution < -0.4 is 14.9 Å². The zero-order chi connectivity index (χ0) is 23.0. The number of benzene rings is 2. The Hall–Kier alpha value is -2.32. The topological polar surface area (TPSA) is 60.7 Å². The van der Waals surface area contributed by atoms with Crippen molar-refractivity contribution >= 4 is 58.3 Å². The molecule has 1 aliphatic rings. The van der Waals surface area contributed by atoms with E-state index in [1.54, 1.807) is 43.0 Å². The second-order valence-corrected chi connectivity index (χ2v) is 9.69. The van der Waals surface area contributed by atoms with E-state index >= 15 is 0 Å². The molecular weight excluding hydrogens is 487 g/mol. The summed E-state index contributed by atoms with van der Waals surface area (Å²) >= 11 is 15.4. The molecule has 1 unspecified atom stereocenters. The van der Waals surface area contributed by atoms with Gasteiger partial charge in [0.2, 0.25) is 0 Å². The van der Waals surface area contributed by atoms with Gasteiger partial charge in [-0.3, -0.25) is 9.36 Å². The number of carbonyl (C=O) groups excluding carboxylic acids is 1. The summed E-state index contributed by atoms with van der Waals surface area (Å²) in [5.41, 5.74) is 1.92. The van der Waals surface area contributed by atoms with E-state index in [0.29, 0.717) is 36.2 Å². The maximum Gasteiger partial charge on any atom is 0.338 e. The van der Waals surface area contributed by atoms with Crippen molar-refractivity contribution in [2.75, 3.05) is 13.4 Å². The Morgan fingerprint density at radius 1 is 1.19 bits per heavy atom. The smallest absolute Gasteiger partial charge is 0.338 e. The summed E-state index contributed by atoms with van der Waals surface area (Å²) in [6, 6.07) is 12.3. The number of esters is 1. The van der Waals surface area contributed by atoms with Gasteiger partial charge >= 0.3 is 5.97 Å². The fraction of sp³-hybridized carbons (Fsp3) is 0.174. The van der Waals surface area contributed by atoms with Gasteiger partial charge in [0.05, 0.1) is 29.0 Å². The van der Waals surface area contributed by atoms with Crippen molar-refractivity contribution in [1.82, 2.24) is 4.57 Å². The van der Waals surface area contributed by atoms with E-state index in [1.165, 1.54) is 23.0 Å². The van der Waals surface area contributed by atoms with Gasteiger partial charge in [-0.05, 0) is 49.1 Å². The molecule has 0 saturated carbocycles. The third-order valence-electron chi connectivity index (χ3n) is 5.13. The number of hydrogen-bond acceptors (Lipinski definition) is 6. The quantitative estimate of drug-likeness (QED) is 0.389. The predicted molar refractivity (Wildman–Crippen MR) is 130 cm³/mol. The number of hydrogen-bond donors (Lipinski definition) is 0. The molecule has 0 amide bonds. The molecule has 0 spiro atoms. The molecule has 164 valence electrons. The van der Waals surface area contributed by atoms with Crippen molar-refractivity contribution in [2.24, 2.45) is 4.99 Å². The first-order chi connectivity index (χ1) is 15.3. The highest BCUT2D eigenvalue weighted by Crippen LogP contribution is 2.31. The van der Waals surface area contributed by atoms with Gasteiger partial charge in [0.15, 0.2) is 4.80 Å². The Balaban J connectivity index is 1.99. The lowest BCUT2D eigenvalue weighted by Crippen LogP contribution is -2.39. The first kappa shape index (κ1) is 22.9. The monoisotopic (exact) mass is 504 g/mol. The van der Waals surface area contributed by atoms with Crippen LogP contribution in [-0.4, -0.2) is 23.9 Å². The summed E-state index contributed by atoms with van der Waals surface area (Å²) in [5.74, 6) is -0.520. The molecule has 1 aromatic heterocycles. The lowest BCUT2D eigenvalue weighted by molar-refractivity contribution is -0.136. The van der Waals surface area contributed by atoms with Crippen LogP contribution in [0.3, 0.4) is 0 Å². The molecule has 4 rings (SSSR count). The van der Waals surface area contributed by atoms with E-state index in [9.17, 15) is 9.59 Å². The number of halogens is 2. The number of fused-ring (bicyclic) bond motifs is 1.